The van der Waals surface area contributed by atoms with E-state index < -0.39 is 0 Å². The standard InChI is InChI=1S/C16H20N2O2/c1-3-19-14-5-4-6-15(10-14)20-16-8-7-13(11-18-16)9-12(2)17/h4-8,10-12H,3,9,17H2,1-2H3. The van der Waals surface area contributed by atoms with E-state index >= 15 is 0 Å². The average molecular weight is 272 g/mol. The topological polar surface area (TPSA) is 57.4 Å². The number of benzene rings is 1. The summed E-state index contributed by atoms with van der Waals surface area (Å²) in [6.45, 7) is 4.56. The third-order valence-corrected chi connectivity index (χ3v) is 2.69. The normalized spacial score (nSPS) is 11.9. The maximum Gasteiger partial charge on any atom is 0.219 e. The zero-order chi connectivity index (χ0) is 14.4. The second kappa shape index (κ2) is 6.91. The van der Waals surface area contributed by atoms with Crippen LogP contribution in [0.25, 0.3) is 0 Å². The molecule has 1 heterocycles. The summed E-state index contributed by atoms with van der Waals surface area (Å²) in [5, 5.41) is 0. The van der Waals surface area contributed by atoms with Gasteiger partial charge in [0.05, 0.1) is 6.61 Å². The molecule has 0 saturated heterocycles. The van der Waals surface area contributed by atoms with Gasteiger partial charge in [0.15, 0.2) is 0 Å². The highest BCUT2D eigenvalue weighted by atomic mass is 16.5. The maximum atomic E-state index is 5.76. The van der Waals surface area contributed by atoms with Gasteiger partial charge in [0.25, 0.3) is 0 Å². The van der Waals surface area contributed by atoms with Crippen molar-refractivity contribution in [3.05, 3.63) is 48.2 Å². The van der Waals surface area contributed by atoms with Crippen molar-refractivity contribution in [2.24, 2.45) is 5.73 Å². The molecule has 4 nitrogen and oxygen atoms in total. The molecule has 2 aromatic rings. The van der Waals surface area contributed by atoms with Gasteiger partial charge in [-0.25, -0.2) is 4.98 Å². The third-order valence-electron chi connectivity index (χ3n) is 2.69. The first-order valence-electron chi connectivity index (χ1n) is 6.78. The maximum absolute atomic E-state index is 5.76. The van der Waals surface area contributed by atoms with E-state index in [1.54, 1.807) is 6.20 Å². The Kier molecular flexibility index (Phi) is 4.96. The minimum Gasteiger partial charge on any atom is -0.494 e. The van der Waals surface area contributed by atoms with Crippen molar-refractivity contribution in [1.29, 1.82) is 0 Å². The van der Waals surface area contributed by atoms with Crippen molar-refractivity contribution in [3.63, 3.8) is 0 Å². The van der Waals surface area contributed by atoms with E-state index in [9.17, 15) is 0 Å². The first kappa shape index (κ1) is 14.3. The first-order valence-corrected chi connectivity index (χ1v) is 6.78. The van der Waals surface area contributed by atoms with Crippen molar-refractivity contribution >= 4 is 0 Å². The molecule has 0 fully saturated rings. The van der Waals surface area contributed by atoms with Crippen LogP contribution >= 0.6 is 0 Å². The Bertz CT molecular complexity index is 538. The number of hydrogen-bond donors (Lipinski definition) is 1. The third kappa shape index (κ3) is 4.24. The van der Waals surface area contributed by atoms with Crippen LogP contribution < -0.4 is 15.2 Å². The monoisotopic (exact) mass is 272 g/mol. The Morgan fingerprint density at radius 2 is 2.00 bits per heavy atom. The molecule has 20 heavy (non-hydrogen) atoms. The lowest BCUT2D eigenvalue weighted by molar-refractivity contribution is 0.338. The van der Waals surface area contributed by atoms with Gasteiger partial charge in [0.2, 0.25) is 5.88 Å². The van der Waals surface area contributed by atoms with E-state index in [1.165, 1.54) is 0 Å². The Labute approximate surface area is 119 Å². The molecule has 0 saturated carbocycles. The van der Waals surface area contributed by atoms with Gasteiger partial charge in [-0.15, -0.1) is 0 Å². The SMILES string of the molecule is CCOc1cccc(Oc2ccc(CC(C)N)cn2)c1. The largest absolute Gasteiger partial charge is 0.494 e. The highest BCUT2D eigenvalue weighted by Crippen LogP contribution is 2.24. The summed E-state index contributed by atoms with van der Waals surface area (Å²) in [6.07, 6.45) is 2.61. The molecule has 0 bridgehead atoms. The molecular formula is C16H20N2O2. The van der Waals surface area contributed by atoms with Gasteiger partial charge >= 0.3 is 0 Å². The molecule has 0 aliphatic rings. The predicted octanol–water partition coefficient (Wildman–Crippen LogP) is 3.16. The Morgan fingerprint density at radius 1 is 1.20 bits per heavy atom. The molecule has 1 aromatic heterocycles. The predicted molar refractivity (Wildman–Crippen MR) is 79.3 cm³/mol. The van der Waals surface area contributed by atoms with Crippen molar-refractivity contribution in [2.45, 2.75) is 26.3 Å². The van der Waals surface area contributed by atoms with Gasteiger partial charge in [-0.3, -0.25) is 0 Å². The zero-order valence-corrected chi connectivity index (χ0v) is 11.9. The summed E-state index contributed by atoms with van der Waals surface area (Å²) in [6, 6.07) is 11.5. The van der Waals surface area contributed by atoms with E-state index in [2.05, 4.69) is 4.98 Å². The molecule has 106 valence electrons. The summed E-state index contributed by atoms with van der Waals surface area (Å²) >= 11 is 0. The van der Waals surface area contributed by atoms with Crippen molar-refractivity contribution in [1.82, 2.24) is 4.98 Å². The number of aromatic nitrogens is 1. The second-order valence-corrected chi connectivity index (χ2v) is 4.70. The fourth-order valence-corrected chi connectivity index (χ4v) is 1.88. The summed E-state index contributed by atoms with van der Waals surface area (Å²) in [7, 11) is 0. The van der Waals surface area contributed by atoms with Crippen LogP contribution in [0.3, 0.4) is 0 Å². The molecular weight excluding hydrogens is 252 g/mol. The number of pyridine rings is 1. The zero-order valence-electron chi connectivity index (χ0n) is 11.9. The molecule has 0 radical (unpaired) electrons. The summed E-state index contributed by atoms with van der Waals surface area (Å²) in [5.41, 5.74) is 6.87. The van der Waals surface area contributed by atoms with E-state index in [4.69, 9.17) is 15.2 Å². The van der Waals surface area contributed by atoms with E-state index in [0.29, 0.717) is 18.2 Å². The van der Waals surface area contributed by atoms with Crippen molar-refractivity contribution < 1.29 is 9.47 Å². The highest BCUT2D eigenvalue weighted by Gasteiger charge is 2.02. The van der Waals surface area contributed by atoms with Crippen LogP contribution in [0.1, 0.15) is 19.4 Å². The smallest absolute Gasteiger partial charge is 0.219 e. The minimum atomic E-state index is 0.131. The molecule has 4 heteroatoms. The molecule has 1 atom stereocenters. The number of rotatable bonds is 6. The number of hydrogen-bond acceptors (Lipinski definition) is 4. The van der Waals surface area contributed by atoms with Crippen molar-refractivity contribution in [2.75, 3.05) is 6.61 Å². The van der Waals surface area contributed by atoms with Crippen LogP contribution in [-0.4, -0.2) is 17.6 Å². The average Bonchev–Trinajstić information content (AvgIpc) is 2.41. The van der Waals surface area contributed by atoms with Crippen LogP contribution in [0.4, 0.5) is 0 Å². The fourth-order valence-electron chi connectivity index (χ4n) is 1.88. The highest BCUT2D eigenvalue weighted by molar-refractivity contribution is 5.35. The van der Waals surface area contributed by atoms with E-state index in [0.717, 1.165) is 17.7 Å². The van der Waals surface area contributed by atoms with Gasteiger partial charge in [-0.05, 0) is 38.0 Å². The van der Waals surface area contributed by atoms with E-state index in [-0.39, 0.29) is 6.04 Å². The Hall–Kier alpha value is -2.07. The molecule has 0 aliphatic carbocycles. The molecule has 1 unspecified atom stereocenters. The van der Waals surface area contributed by atoms with Crippen LogP contribution in [0.15, 0.2) is 42.6 Å². The molecule has 1 aromatic carbocycles. The number of nitrogens with zero attached hydrogens (tertiary/aromatic N) is 1. The summed E-state index contributed by atoms with van der Waals surface area (Å²) < 4.78 is 11.1. The second-order valence-electron chi connectivity index (χ2n) is 4.70. The van der Waals surface area contributed by atoms with Crippen LogP contribution in [-0.2, 0) is 6.42 Å². The number of nitrogens with two attached hydrogens (primary N) is 1. The fraction of sp³-hybridized carbons (Fsp3) is 0.312. The van der Waals surface area contributed by atoms with Gasteiger partial charge in [0, 0.05) is 24.4 Å². The van der Waals surface area contributed by atoms with Gasteiger partial charge < -0.3 is 15.2 Å². The molecule has 2 N–H and O–H groups in total. The Balaban J connectivity index is 2.04. The van der Waals surface area contributed by atoms with Gasteiger partial charge in [-0.1, -0.05) is 12.1 Å². The molecule has 0 aliphatic heterocycles. The Morgan fingerprint density at radius 3 is 2.65 bits per heavy atom. The van der Waals surface area contributed by atoms with E-state index in [1.807, 2.05) is 50.2 Å². The minimum absolute atomic E-state index is 0.131. The quantitative estimate of drug-likeness (QED) is 0.877. The lowest BCUT2D eigenvalue weighted by Crippen LogP contribution is -2.17. The lowest BCUT2D eigenvalue weighted by atomic mass is 10.1. The molecule has 0 spiro atoms. The molecule has 0 amide bonds. The van der Waals surface area contributed by atoms with Crippen molar-refractivity contribution in [3.8, 4) is 17.4 Å². The molecule has 2 rings (SSSR count). The first-order chi connectivity index (χ1) is 9.67. The lowest BCUT2D eigenvalue weighted by Gasteiger charge is -2.08. The van der Waals surface area contributed by atoms with Gasteiger partial charge in [0.1, 0.15) is 11.5 Å². The van der Waals surface area contributed by atoms with Crippen LogP contribution in [0.2, 0.25) is 0 Å². The van der Waals surface area contributed by atoms with Crippen LogP contribution in [0, 0.1) is 0 Å². The summed E-state index contributed by atoms with van der Waals surface area (Å²) in [4.78, 5) is 4.28. The van der Waals surface area contributed by atoms with Gasteiger partial charge in [-0.2, -0.15) is 0 Å². The summed E-state index contributed by atoms with van der Waals surface area (Å²) in [5.74, 6) is 2.06. The van der Waals surface area contributed by atoms with Crippen LogP contribution in [0.5, 0.6) is 17.4 Å². The number of ether oxygens (including phenoxy) is 2.